The quantitative estimate of drug-likeness (QED) is 0.0278. The minimum Gasteiger partial charge on any atom is -0.872 e. The molecule has 0 bridgehead atoms. The number of nitrogens with zero attached hydrogens (tertiary/aromatic N) is 2. The summed E-state index contributed by atoms with van der Waals surface area (Å²) in [6.07, 6.45) is 16.6. The van der Waals surface area contributed by atoms with Crippen molar-refractivity contribution in [3.8, 4) is 5.75 Å². The number of rotatable bonds is 19. The first-order chi connectivity index (χ1) is 62.9. The Kier molecular flexibility index (Phi) is 35.5. The van der Waals surface area contributed by atoms with Gasteiger partial charge in [-0.25, -0.2) is 0 Å². The summed E-state index contributed by atoms with van der Waals surface area (Å²) in [5.41, 5.74) is 19.1. The van der Waals surface area contributed by atoms with Crippen molar-refractivity contribution >= 4 is 138 Å². The van der Waals surface area contributed by atoms with E-state index in [1.54, 1.807) is 18.5 Å². The molecule has 0 fully saturated rings. The minimum absolute atomic E-state index is 0.0171. The minimum atomic E-state index is -1.81. The highest BCUT2D eigenvalue weighted by Crippen LogP contribution is 2.51. The standard InChI is InChI=1S/C100H123N15O14S2/c1-61(116)88-97(128)106-73(90(102)121)35-24-26-52-103-84(119)47-53-114-80-45-41-65-29-17-19-32-70(65)86(80)99(3,4)82(114)37-15-10-9-11-16-38-83-100(5,6)87-71-33-20-18-30-66(71)42-46-81(87)115(83)54-48-85(120)105-77(57-63-27-13-12-14-28-63)94(125)108-75(49-55-130-7)91(122)110-78(58-64-39-43-68(118)44-40-64)95(126)111-79(59-67-60-104-72-34-22-21-31-69(67)72)96(127)107-74(36-23-25-51-101)92(123)112-89(62(2)117)98(129)109-76(50-56-131-8)93(124)113-88/h9-22,27-34,37-46,60-62,73-79,88-89,104,116-117H,23-26,35-36,47-59,101H2,1-8H3,(H12-,102,103,105,106,107,108,109,110,111,112,113,118,119,120,121,122,123,124,125,126,127,128,129)/t61-,62-,73+,74+,75+,76+,77-,78+,79-,88+,89+/m1/s1. The van der Waals surface area contributed by atoms with Crippen LogP contribution in [0.4, 0.5) is 11.4 Å². The van der Waals surface area contributed by atoms with E-state index in [2.05, 4.69) is 156 Å². The van der Waals surface area contributed by atoms with Gasteiger partial charge in [-0.2, -0.15) is 28.1 Å². The number of carbonyl (C=O) groups is 11. The molecule has 7 aromatic carbocycles. The lowest BCUT2D eigenvalue weighted by atomic mass is 9.79. The van der Waals surface area contributed by atoms with Crippen LogP contribution in [0.1, 0.15) is 134 Å². The Morgan fingerprint density at radius 2 is 1.03 bits per heavy atom. The Labute approximate surface area is 772 Å². The zero-order valence-corrected chi connectivity index (χ0v) is 77.1. The number of aliphatic hydroxyl groups excluding tert-OH is 2. The number of carbonyl (C=O) groups excluding carboxylic acids is 11. The van der Waals surface area contributed by atoms with Crippen molar-refractivity contribution in [3.05, 3.63) is 234 Å². The molecule has 1 aromatic heterocycles. The number of allylic oxidation sites excluding steroid dienone is 8. The third-order valence-electron chi connectivity index (χ3n) is 24.3. The predicted molar refractivity (Wildman–Crippen MR) is 513 cm³/mol. The Balaban J connectivity index is 0.929. The molecule has 0 radical (unpaired) electrons. The van der Waals surface area contributed by atoms with Crippen molar-refractivity contribution in [2.24, 2.45) is 11.5 Å². The number of nitrogens with one attached hydrogen (secondary N) is 11. The van der Waals surface area contributed by atoms with E-state index >= 15 is 19.2 Å². The van der Waals surface area contributed by atoms with Crippen LogP contribution in [0.15, 0.2) is 206 Å². The smallest absolute Gasteiger partial charge is 0.245 e. The zero-order chi connectivity index (χ0) is 94.1. The van der Waals surface area contributed by atoms with Crippen LogP contribution in [0.5, 0.6) is 5.75 Å². The van der Waals surface area contributed by atoms with E-state index in [0.29, 0.717) is 59.2 Å². The molecular weight excluding hydrogens is 1700 g/mol. The maximum absolute atomic E-state index is 15.5. The number of aliphatic hydroxyl groups is 2. The predicted octanol–water partition coefficient (Wildman–Crippen LogP) is 7.33. The summed E-state index contributed by atoms with van der Waals surface area (Å²) in [4.78, 5) is 167. The molecule has 8 aromatic rings. The molecule has 131 heavy (non-hydrogen) atoms. The van der Waals surface area contributed by atoms with Crippen molar-refractivity contribution in [1.29, 1.82) is 0 Å². The number of amides is 11. The maximum Gasteiger partial charge on any atom is 0.245 e. The average molecular weight is 1820 g/mol. The lowest BCUT2D eigenvalue weighted by molar-refractivity contribution is -0.436. The maximum atomic E-state index is 15.5. The van der Waals surface area contributed by atoms with E-state index in [1.165, 1.54) is 61.6 Å². The van der Waals surface area contributed by atoms with Gasteiger partial charge in [-0.15, -0.1) is 5.75 Å². The highest BCUT2D eigenvalue weighted by atomic mass is 32.2. The number of aromatic amines is 1. The first kappa shape index (κ1) is 99.2. The van der Waals surface area contributed by atoms with Gasteiger partial charge in [-0.3, -0.25) is 52.7 Å². The van der Waals surface area contributed by atoms with Crippen molar-refractivity contribution in [2.75, 3.05) is 55.1 Å². The summed E-state index contributed by atoms with van der Waals surface area (Å²) in [6.45, 7) is 12.0. The fourth-order valence-electron chi connectivity index (χ4n) is 17.4. The Hall–Kier alpha value is -12.4. The number of fused-ring (bicyclic) bond motifs is 10. The molecule has 17 N–H and O–H groups in total. The van der Waals surface area contributed by atoms with Gasteiger partial charge in [0, 0.05) is 90.4 Å². The number of nitrogens with two attached hydrogens (primary N) is 2. The van der Waals surface area contributed by atoms with Gasteiger partial charge in [0.15, 0.2) is 12.3 Å². The zero-order valence-electron chi connectivity index (χ0n) is 75.5. The van der Waals surface area contributed by atoms with E-state index < -0.39 is 136 Å². The van der Waals surface area contributed by atoms with Crippen LogP contribution in [0.2, 0.25) is 0 Å². The Morgan fingerprint density at radius 3 is 1.64 bits per heavy atom. The molecule has 0 aliphatic carbocycles. The fraction of sp³-hybridized carbons (Fsp3) is 0.400. The lowest BCUT2D eigenvalue weighted by Crippen LogP contribution is -2.63. The van der Waals surface area contributed by atoms with Crippen LogP contribution in [-0.2, 0) is 82.8 Å². The van der Waals surface area contributed by atoms with Gasteiger partial charge >= 0.3 is 0 Å². The van der Waals surface area contributed by atoms with E-state index in [-0.39, 0.29) is 101 Å². The molecule has 29 nitrogen and oxygen atoms in total. The van der Waals surface area contributed by atoms with Gasteiger partial charge in [-0.05, 0) is 178 Å². The highest BCUT2D eigenvalue weighted by molar-refractivity contribution is 7.98. The fourth-order valence-corrected chi connectivity index (χ4v) is 18.3. The average Bonchev–Trinajstić information content (AvgIpc) is 1.58. The monoisotopic (exact) mass is 1820 g/mol. The van der Waals surface area contributed by atoms with Crippen molar-refractivity contribution in [1.82, 2.24) is 58.2 Å². The van der Waals surface area contributed by atoms with E-state index in [4.69, 9.17) is 11.5 Å². The van der Waals surface area contributed by atoms with Crippen LogP contribution in [0.25, 0.3) is 32.4 Å². The van der Waals surface area contributed by atoms with Gasteiger partial charge in [0.1, 0.15) is 54.4 Å². The summed E-state index contributed by atoms with van der Waals surface area (Å²) < 4.78 is 2.14. The Morgan fingerprint density at radius 1 is 0.519 bits per heavy atom. The van der Waals surface area contributed by atoms with E-state index in [9.17, 15) is 48.9 Å². The summed E-state index contributed by atoms with van der Waals surface area (Å²) in [7, 11) is 0. The molecule has 694 valence electrons. The SMILES string of the molecule is CSCC[C@@H]1NC(=O)[C@H]([C@@H](C)O)NC(=O)[C@H](CCCCN)NC(=O)[C@@H](Cc2c[nH]c3ccccc23)NC(=O)[C@H](Cc2ccc([O-])cc2)NC(=O)[C@H](CCSC)NC(=O)[C@@H](Cc2ccccc2)NC(=O)CC[N+]2=C(/C=C/C=C/C=C/C=C3/N(CCC(=O)NCCCC[C@@H](C(N)=O)NC(=O)[C@H]([C@@H](C)O)NC1=O)c1ccc4ccccc4c1C3(C)C)C(C)(C)c1c2ccc2ccccc12. The van der Waals surface area contributed by atoms with E-state index in [0.717, 1.165) is 55.5 Å². The third-order valence-corrected chi connectivity index (χ3v) is 25.6. The number of thioether (sulfide) groups is 2. The number of aromatic nitrogens is 1. The molecule has 0 spiro atoms. The first-order valence-electron chi connectivity index (χ1n) is 44.8. The third kappa shape index (κ3) is 25.8. The second-order valence-corrected chi connectivity index (χ2v) is 36.6. The number of hydrogen-bond donors (Lipinski definition) is 15. The number of hydrogen-bond acceptors (Lipinski definition) is 18. The topological polar surface area (TPSA) is 446 Å². The largest absolute Gasteiger partial charge is 0.872 e. The molecule has 3 aliphatic rings. The second-order valence-electron chi connectivity index (χ2n) is 34.6. The highest BCUT2D eigenvalue weighted by Gasteiger charge is 2.47. The molecule has 11 atom stereocenters. The van der Waals surface area contributed by atoms with Gasteiger partial charge in [-0.1, -0.05) is 172 Å². The summed E-state index contributed by atoms with van der Waals surface area (Å²) in [5, 5.41) is 67.7. The molecular formula is C100H123N15O14S2. The first-order valence-corrected chi connectivity index (χ1v) is 47.6. The lowest BCUT2D eigenvalue weighted by Gasteiger charge is -2.29. The normalized spacial score (nSPS) is 23.6. The van der Waals surface area contributed by atoms with Crippen LogP contribution >= 0.6 is 23.5 Å². The second kappa shape index (κ2) is 46.9. The number of unbranched alkanes of at least 4 members (excludes halogenated alkanes) is 1. The Bertz CT molecular complexity index is 5590. The molecule has 3 aliphatic heterocycles. The molecule has 0 saturated heterocycles. The van der Waals surface area contributed by atoms with Crippen LogP contribution in [-0.4, -0.2) is 207 Å². The molecule has 11 amide bonds. The number of anilines is 1. The number of primary amides is 1. The van der Waals surface area contributed by atoms with Crippen LogP contribution < -0.4 is 74.6 Å². The van der Waals surface area contributed by atoms with Crippen molar-refractivity contribution in [2.45, 2.75) is 202 Å². The summed E-state index contributed by atoms with van der Waals surface area (Å²) >= 11 is 2.71. The summed E-state index contributed by atoms with van der Waals surface area (Å²) in [6, 6.07) is 33.2. The molecule has 31 heteroatoms. The van der Waals surface area contributed by atoms with Gasteiger partial charge in [0.2, 0.25) is 70.7 Å². The number of para-hydroxylation sites is 1. The van der Waals surface area contributed by atoms with Crippen molar-refractivity contribution < 1.29 is 72.6 Å². The molecule has 4 heterocycles. The van der Waals surface area contributed by atoms with E-state index in [1.807, 2.05) is 109 Å². The summed E-state index contributed by atoms with van der Waals surface area (Å²) in [5.74, 6) is -8.57. The number of H-pyrrole nitrogens is 1. The number of benzene rings is 7. The van der Waals surface area contributed by atoms with Gasteiger partial charge in [0.25, 0.3) is 0 Å². The van der Waals surface area contributed by atoms with Crippen molar-refractivity contribution in [3.63, 3.8) is 0 Å². The molecule has 11 rings (SSSR count). The molecule has 0 unspecified atom stereocenters. The van der Waals surface area contributed by atoms with Gasteiger partial charge in [0.05, 0.1) is 24.0 Å². The van der Waals surface area contributed by atoms with Crippen LogP contribution in [0.3, 0.4) is 0 Å². The van der Waals surface area contributed by atoms with Crippen LogP contribution in [0, 0.1) is 0 Å². The molecule has 0 saturated carbocycles. The van der Waals surface area contributed by atoms with Gasteiger partial charge < -0.3 is 89.8 Å².